The molecule has 15 heteroatoms. The van der Waals surface area contributed by atoms with Crippen molar-refractivity contribution in [2.45, 2.75) is 31.2 Å². The van der Waals surface area contributed by atoms with Crippen molar-refractivity contribution in [3.63, 3.8) is 0 Å². The fourth-order valence-electron chi connectivity index (χ4n) is 4.24. The summed E-state index contributed by atoms with van der Waals surface area (Å²) in [4.78, 5) is 32.9. The highest BCUT2D eigenvalue weighted by Gasteiger charge is 2.42. The number of aliphatic hydroxyl groups excluding tert-OH is 2. The quantitative estimate of drug-likeness (QED) is 0.154. The van der Waals surface area contributed by atoms with Crippen LogP contribution in [-0.4, -0.2) is 74.9 Å². The molecule has 4 atom stereocenters. The molecular weight excluding hydrogens is 530 g/mol. The molecule has 39 heavy (non-hydrogen) atoms. The lowest BCUT2D eigenvalue weighted by molar-refractivity contribution is -0.111. The summed E-state index contributed by atoms with van der Waals surface area (Å²) in [5.41, 5.74) is 1.63. The molecule has 6 N–H and O–H groups in total. The topological polar surface area (TPSA) is 212 Å². The van der Waals surface area contributed by atoms with Gasteiger partial charge in [-0.05, 0) is 36.3 Å². The zero-order valence-electron chi connectivity index (χ0n) is 20.5. The lowest BCUT2D eigenvalue weighted by Gasteiger charge is -2.19. The lowest BCUT2D eigenvalue weighted by Crippen LogP contribution is -2.36. The van der Waals surface area contributed by atoms with Crippen LogP contribution in [0.15, 0.2) is 61.7 Å². The first kappa shape index (κ1) is 28.0. The summed E-state index contributed by atoms with van der Waals surface area (Å²) in [6.45, 7) is 3.35. The van der Waals surface area contributed by atoms with Gasteiger partial charge in [0, 0.05) is 24.0 Å². The molecule has 206 valence electrons. The van der Waals surface area contributed by atoms with E-state index in [0.717, 1.165) is 5.56 Å². The van der Waals surface area contributed by atoms with Crippen LogP contribution >= 0.6 is 0 Å². The number of nitrogens with one attached hydrogen (secondary N) is 2. The molecule has 1 aromatic carbocycles. The highest BCUT2D eigenvalue weighted by Crippen LogP contribution is 2.30. The summed E-state index contributed by atoms with van der Waals surface area (Å²) in [5.74, 6) is -1.43. The van der Waals surface area contributed by atoms with E-state index in [0.29, 0.717) is 12.2 Å². The van der Waals surface area contributed by atoms with Crippen molar-refractivity contribution in [2.24, 2.45) is 11.1 Å². The zero-order valence-corrected chi connectivity index (χ0v) is 21.4. The first-order chi connectivity index (χ1) is 18.5. The van der Waals surface area contributed by atoms with Gasteiger partial charge in [-0.1, -0.05) is 18.7 Å². The number of hydrogen-bond donors (Lipinski definition) is 5. The summed E-state index contributed by atoms with van der Waals surface area (Å²) in [5, 5.41) is 35.6. The summed E-state index contributed by atoms with van der Waals surface area (Å²) in [6, 6.07) is 7.92. The first-order valence-electron chi connectivity index (χ1n) is 11.7. The molecule has 1 saturated carbocycles. The number of carbonyl (C=O) groups is 2. The van der Waals surface area contributed by atoms with Gasteiger partial charge in [-0.2, -0.15) is 13.5 Å². The smallest absolute Gasteiger partial charge is 0.333 e. The number of benzene rings is 1. The molecule has 4 rings (SSSR count). The van der Waals surface area contributed by atoms with Crippen LogP contribution in [0.1, 0.15) is 28.0 Å². The Morgan fingerprint density at radius 2 is 2.05 bits per heavy atom. The van der Waals surface area contributed by atoms with Gasteiger partial charge in [-0.25, -0.2) is 15.1 Å². The van der Waals surface area contributed by atoms with E-state index < -0.39 is 46.9 Å². The van der Waals surface area contributed by atoms with Crippen LogP contribution in [0.4, 0.5) is 11.5 Å². The molecule has 0 radical (unpaired) electrons. The number of aliphatic hydroxyl groups is 2. The fourth-order valence-corrected chi connectivity index (χ4v) is 4.60. The largest absolute Gasteiger partial charge is 0.390 e. The number of anilines is 2. The number of hydrogen-bond acceptors (Lipinski definition) is 11. The maximum Gasteiger partial charge on any atom is 0.333 e. The normalized spacial score (nSPS) is 20.9. The third kappa shape index (κ3) is 7.10. The molecule has 1 amide bonds. The minimum absolute atomic E-state index is 0.0859. The van der Waals surface area contributed by atoms with E-state index in [9.17, 15) is 28.2 Å². The van der Waals surface area contributed by atoms with Gasteiger partial charge in [0.25, 0.3) is 0 Å². The van der Waals surface area contributed by atoms with Crippen molar-refractivity contribution in [1.82, 2.24) is 19.7 Å². The van der Waals surface area contributed by atoms with Crippen LogP contribution in [0.25, 0.3) is 0 Å². The number of nitrogens with two attached hydrogens (primary N) is 1. The Morgan fingerprint density at radius 3 is 2.79 bits per heavy atom. The number of aromatic nitrogens is 4. The Kier molecular flexibility index (Phi) is 8.47. The standard InChI is InChI=1S/C24H27N7O7S/c1-2-20(32)28-16-5-3-4-14(8-16)11-31-7-6-18(30-31)22(34)17-10-26-13-27-24(17)29-19-9-15(21(33)23(19)35)12-38-39(25,36)37/h2-8,10,13,15,19,21,23,33,35H,1,9,11-12H2,(H,28,32)(H2,25,36,37)(H,26,27,29)/t15-,19-,21-,23+/m1/s1. The SMILES string of the molecule is C=CC(=O)Nc1cccc(Cn2ccc(C(=O)c3cncnc3N[C@@H]3C[C@H](COS(N)(=O)=O)[C@@H](O)[C@H]3O)n2)c1. The van der Waals surface area contributed by atoms with E-state index in [1.165, 1.54) is 24.7 Å². The van der Waals surface area contributed by atoms with Gasteiger partial charge >= 0.3 is 10.3 Å². The third-order valence-electron chi connectivity index (χ3n) is 6.12. The van der Waals surface area contributed by atoms with E-state index in [4.69, 9.17) is 5.14 Å². The molecule has 1 aliphatic carbocycles. The molecule has 0 aliphatic heterocycles. The van der Waals surface area contributed by atoms with Crippen LogP contribution in [-0.2, 0) is 25.8 Å². The minimum atomic E-state index is -4.21. The summed E-state index contributed by atoms with van der Waals surface area (Å²) < 4.78 is 28.3. The average molecular weight is 558 g/mol. The van der Waals surface area contributed by atoms with Crippen LogP contribution in [0.3, 0.4) is 0 Å². The van der Waals surface area contributed by atoms with Gasteiger partial charge in [0.2, 0.25) is 11.7 Å². The van der Waals surface area contributed by atoms with Crippen LogP contribution in [0.5, 0.6) is 0 Å². The van der Waals surface area contributed by atoms with Crippen molar-refractivity contribution in [3.8, 4) is 0 Å². The molecule has 0 unspecified atom stereocenters. The Balaban J connectivity index is 1.46. The van der Waals surface area contributed by atoms with Crippen molar-refractivity contribution in [3.05, 3.63) is 78.5 Å². The van der Waals surface area contributed by atoms with Gasteiger partial charge in [0.15, 0.2) is 0 Å². The average Bonchev–Trinajstić information content (AvgIpc) is 3.47. The monoisotopic (exact) mass is 557 g/mol. The molecule has 2 aromatic heterocycles. The van der Waals surface area contributed by atoms with Gasteiger partial charge in [-0.15, -0.1) is 0 Å². The number of amides is 1. The van der Waals surface area contributed by atoms with Gasteiger partial charge in [0.05, 0.1) is 30.9 Å². The fraction of sp³-hybridized carbons (Fsp3) is 0.292. The van der Waals surface area contributed by atoms with Gasteiger partial charge < -0.3 is 20.8 Å². The second-order valence-corrected chi connectivity index (χ2v) is 10.1. The number of carbonyl (C=O) groups excluding carboxylic acids is 2. The third-order valence-corrected chi connectivity index (χ3v) is 6.59. The first-order valence-corrected chi connectivity index (χ1v) is 13.2. The van der Waals surface area contributed by atoms with Crippen LogP contribution in [0, 0.1) is 5.92 Å². The number of nitrogens with zero attached hydrogens (tertiary/aromatic N) is 4. The number of ketones is 1. The molecule has 1 aliphatic rings. The Labute approximate surface area is 223 Å². The van der Waals surface area contributed by atoms with Crippen molar-refractivity contribution >= 4 is 33.5 Å². The molecule has 0 spiro atoms. The summed E-state index contributed by atoms with van der Waals surface area (Å²) in [7, 11) is -4.21. The van der Waals surface area contributed by atoms with Crippen LogP contribution in [0.2, 0.25) is 0 Å². The van der Waals surface area contributed by atoms with Crippen LogP contribution < -0.4 is 15.8 Å². The molecule has 0 saturated heterocycles. The summed E-state index contributed by atoms with van der Waals surface area (Å²) >= 11 is 0. The molecule has 2 heterocycles. The second-order valence-electron chi connectivity index (χ2n) is 8.91. The molecule has 0 bridgehead atoms. The number of rotatable bonds is 11. The predicted octanol–water partition coefficient (Wildman–Crippen LogP) is -0.181. The highest BCUT2D eigenvalue weighted by molar-refractivity contribution is 7.84. The van der Waals surface area contributed by atoms with Crippen molar-refractivity contribution < 1.29 is 32.4 Å². The zero-order chi connectivity index (χ0) is 28.2. The van der Waals surface area contributed by atoms with E-state index >= 15 is 0 Å². The van der Waals surface area contributed by atoms with Crippen molar-refractivity contribution in [1.29, 1.82) is 0 Å². The van der Waals surface area contributed by atoms with E-state index in [1.54, 1.807) is 29.1 Å². The van der Waals surface area contributed by atoms with E-state index in [-0.39, 0.29) is 29.4 Å². The van der Waals surface area contributed by atoms with Crippen molar-refractivity contribution in [2.75, 3.05) is 17.2 Å². The Morgan fingerprint density at radius 1 is 1.26 bits per heavy atom. The Bertz CT molecular complexity index is 1480. The molecule has 14 nitrogen and oxygen atoms in total. The van der Waals surface area contributed by atoms with E-state index in [2.05, 4.69) is 36.5 Å². The summed E-state index contributed by atoms with van der Waals surface area (Å²) in [6.07, 6.45) is 2.87. The lowest BCUT2D eigenvalue weighted by atomic mass is 10.1. The van der Waals surface area contributed by atoms with Gasteiger partial charge in [0.1, 0.15) is 23.9 Å². The highest BCUT2D eigenvalue weighted by atomic mass is 32.2. The predicted molar refractivity (Wildman–Crippen MR) is 139 cm³/mol. The van der Waals surface area contributed by atoms with Gasteiger partial charge in [-0.3, -0.25) is 18.5 Å². The maximum atomic E-state index is 13.3. The Hall–Kier alpha value is -4.02. The van der Waals surface area contributed by atoms with E-state index in [1.807, 2.05) is 6.07 Å². The molecule has 1 fully saturated rings. The molecule has 3 aromatic rings. The minimum Gasteiger partial charge on any atom is -0.390 e. The maximum absolute atomic E-state index is 13.3. The molecular formula is C24H27N7O7S. The second kappa shape index (κ2) is 11.8.